The van der Waals surface area contributed by atoms with Gasteiger partial charge >= 0.3 is 0 Å². The highest BCUT2D eigenvalue weighted by atomic mass is 16.5. The maximum absolute atomic E-state index is 6.40. The average molecular weight is 560 g/mol. The number of nitrogens with one attached hydrogen (secondary N) is 1. The molecular formula is C30H37N7O4. The first-order valence-electron chi connectivity index (χ1n) is 13.2. The lowest BCUT2D eigenvalue weighted by atomic mass is 10.1. The molecule has 0 radical (unpaired) electrons. The molecule has 3 aromatic carbocycles. The molecule has 0 spiro atoms. The molecule has 216 valence electrons. The highest BCUT2D eigenvalue weighted by Gasteiger charge is 2.13. The maximum atomic E-state index is 6.40. The van der Waals surface area contributed by atoms with Gasteiger partial charge in [0.2, 0.25) is 0 Å². The van der Waals surface area contributed by atoms with Crippen LogP contribution < -0.4 is 32.1 Å². The van der Waals surface area contributed by atoms with Crippen LogP contribution in [-0.2, 0) is 15.9 Å². The number of aromatic nitrogens is 2. The summed E-state index contributed by atoms with van der Waals surface area (Å²) in [4.78, 5) is 8.92. The molecule has 0 aliphatic rings. The fourth-order valence-electron chi connectivity index (χ4n) is 4.10. The van der Waals surface area contributed by atoms with Gasteiger partial charge in [0.1, 0.15) is 25.4 Å². The highest BCUT2D eigenvalue weighted by Crippen LogP contribution is 2.35. The van der Waals surface area contributed by atoms with E-state index in [1.165, 1.54) is 6.33 Å². The Balaban J connectivity index is 1.52. The maximum Gasteiger partial charge on any atom is 0.163 e. The molecule has 0 unspecified atom stereocenters. The van der Waals surface area contributed by atoms with Crippen molar-refractivity contribution in [2.45, 2.75) is 6.42 Å². The van der Waals surface area contributed by atoms with E-state index < -0.39 is 0 Å². The van der Waals surface area contributed by atoms with E-state index in [4.69, 9.17) is 36.3 Å². The van der Waals surface area contributed by atoms with E-state index in [2.05, 4.69) is 15.3 Å². The zero-order valence-corrected chi connectivity index (χ0v) is 23.4. The van der Waals surface area contributed by atoms with Crippen molar-refractivity contribution in [3.63, 3.8) is 0 Å². The molecule has 0 aliphatic heterocycles. The van der Waals surface area contributed by atoms with Crippen molar-refractivity contribution in [3.05, 3.63) is 84.3 Å². The van der Waals surface area contributed by atoms with Crippen molar-refractivity contribution in [3.8, 4) is 11.5 Å². The summed E-state index contributed by atoms with van der Waals surface area (Å²) in [6, 6.07) is 19.1. The first kappa shape index (κ1) is 29.4. The van der Waals surface area contributed by atoms with Crippen LogP contribution in [0.4, 0.5) is 17.2 Å². The third kappa shape index (κ3) is 8.45. The van der Waals surface area contributed by atoms with E-state index >= 15 is 0 Å². The fourth-order valence-corrected chi connectivity index (χ4v) is 4.10. The summed E-state index contributed by atoms with van der Waals surface area (Å²) in [7, 11) is 3.25. The Kier molecular flexibility index (Phi) is 10.5. The molecular weight excluding hydrogens is 522 g/mol. The minimum absolute atomic E-state index is 0.365. The topological polar surface area (TPSA) is 156 Å². The minimum Gasteiger partial charge on any atom is -0.487 e. The molecule has 1 heterocycles. The number of nitrogens with two attached hydrogens (primary N) is 3. The predicted octanol–water partition coefficient (Wildman–Crippen LogP) is 3.68. The number of nitrogens with zero attached hydrogens (tertiary/aromatic N) is 3. The molecule has 0 amide bonds. The third-order valence-corrected chi connectivity index (χ3v) is 6.16. The summed E-state index contributed by atoms with van der Waals surface area (Å²) >= 11 is 0. The van der Waals surface area contributed by atoms with Gasteiger partial charge in [0.25, 0.3) is 0 Å². The largest absolute Gasteiger partial charge is 0.487 e. The number of rotatable bonds is 15. The quantitative estimate of drug-likeness (QED) is 0.0729. The molecule has 41 heavy (non-hydrogen) atoms. The van der Waals surface area contributed by atoms with Gasteiger partial charge in [-0.25, -0.2) is 15.8 Å². The van der Waals surface area contributed by atoms with Crippen LogP contribution in [0, 0.1) is 0 Å². The van der Waals surface area contributed by atoms with Gasteiger partial charge in [-0.3, -0.25) is 0 Å². The Bertz CT molecular complexity index is 1460. The number of fused-ring (bicyclic) bond motifs is 1. The van der Waals surface area contributed by atoms with Gasteiger partial charge in [-0.05, 0) is 42.3 Å². The molecule has 4 rings (SSSR count). The number of hydrogen-bond donors (Lipinski definition) is 4. The molecule has 11 heteroatoms. The van der Waals surface area contributed by atoms with Gasteiger partial charge in [-0.2, -0.15) is 0 Å². The van der Waals surface area contributed by atoms with Crippen LogP contribution in [0.25, 0.3) is 16.6 Å². The zero-order chi connectivity index (χ0) is 29.0. The standard InChI is InChI=1S/C30H37N7O4/c1-38-11-13-40-28-17-25-27(18-29(28)41-14-12-39-2)34-20-35-30(25)36-24-8-4-6-22(16-24)26(32)19-37(33)10-9-21-5-3-7-23(31)15-21/h3-8,15-20H,9-14,31-33H2,1-2H3,(H,34,35,36)/b26-19-. The van der Waals surface area contributed by atoms with Crippen LogP contribution in [-0.4, -0.2) is 62.2 Å². The Morgan fingerprint density at radius 2 is 1.63 bits per heavy atom. The number of hydrogen-bond acceptors (Lipinski definition) is 11. The molecule has 0 aliphatic carbocycles. The van der Waals surface area contributed by atoms with Gasteiger partial charge in [0.15, 0.2) is 11.5 Å². The van der Waals surface area contributed by atoms with Gasteiger partial charge in [0, 0.05) is 55.4 Å². The lowest BCUT2D eigenvalue weighted by Crippen LogP contribution is -2.28. The monoisotopic (exact) mass is 559 g/mol. The third-order valence-electron chi connectivity index (χ3n) is 6.16. The van der Waals surface area contributed by atoms with Crippen molar-refractivity contribution in [1.29, 1.82) is 0 Å². The summed E-state index contributed by atoms with van der Waals surface area (Å²) in [5.41, 5.74) is 16.9. The molecule has 0 saturated heterocycles. The molecule has 0 fully saturated rings. The lowest BCUT2D eigenvalue weighted by molar-refractivity contribution is 0.132. The second kappa shape index (κ2) is 14.7. The van der Waals surface area contributed by atoms with E-state index in [1.54, 1.807) is 25.4 Å². The highest BCUT2D eigenvalue weighted by molar-refractivity contribution is 5.93. The number of methoxy groups -OCH3 is 2. The van der Waals surface area contributed by atoms with Crippen LogP contribution in [0.2, 0.25) is 0 Å². The number of nitrogen functional groups attached to an aromatic ring is 1. The van der Waals surface area contributed by atoms with E-state index in [0.29, 0.717) is 61.5 Å². The Labute approximate surface area is 239 Å². The van der Waals surface area contributed by atoms with E-state index in [9.17, 15) is 0 Å². The Morgan fingerprint density at radius 3 is 2.37 bits per heavy atom. The van der Waals surface area contributed by atoms with Crippen LogP contribution in [0.15, 0.2) is 73.2 Å². The average Bonchev–Trinajstić information content (AvgIpc) is 2.97. The summed E-state index contributed by atoms with van der Waals surface area (Å²) in [5, 5.41) is 5.73. The van der Waals surface area contributed by atoms with Gasteiger partial charge in [-0.15, -0.1) is 0 Å². The minimum atomic E-state index is 0.365. The first-order valence-corrected chi connectivity index (χ1v) is 13.2. The van der Waals surface area contributed by atoms with Crippen LogP contribution in [0.1, 0.15) is 11.1 Å². The predicted molar refractivity (Wildman–Crippen MR) is 162 cm³/mol. The van der Waals surface area contributed by atoms with E-state index in [-0.39, 0.29) is 0 Å². The number of benzene rings is 3. The second-order valence-electron chi connectivity index (χ2n) is 9.24. The van der Waals surface area contributed by atoms with Gasteiger partial charge < -0.3 is 40.7 Å². The first-order chi connectivity index (χ1) is 20.0. The second-order valence-corrected chi connectivity index (χ2v) is 9.24. The van der Waals surface area contributed by atoms with Crippen LogP contribution in [0.3, 0.4) is 0 Å². The number of ether oxygens (including phenoxy) is 4. The van der Waals surface area contributed by atoms with E-state index in [0.717, 1.165) is 34.3 Å². The normalized spacial score (nSPS) is 11.4. The lowest BCUT2D eigenvalue weighted by Gasteiger charge is -2.16. The molecule has 0 atom stereocenters. The zero-order valence-electron chi connectivity index (χ0n) is 23.4. The number of hydrazine groups is 1. The molecule has 11 nitrogen and oxygen atoms in total. The molecule has 0 bridgehead atoms. The van der Waals surface area contributed by atoms with Gasteiger partial charge in [-0.1, -0.05) is 24.3 Å². The SMILES string of the molecule is COCCOc1cc2ncnc(Nc3cccc(/C(N)=C/N(N)CCc4cccc(N)c4)c3)c2cc1OCCOC. The molecule has 0 saturated carbocycles. The summed E-state index contributed by atoms with van der Waals surface area (Å²) < 4.78 is 22.1. The summed E-state index contributed by atoms with van der Waals surface area (Å²) in [6.07, 6.45) is 3.96. The van der Waals surface area contributed by atoms with Crippen LogP contribution in [0.5, 0.6) is 11.5 Å². The Morgan fingerprint density at radius 1 is 0.902 bits per heavy atom. The molecule has 1 aromatic heterocycles. The van der Waals surface area contributed by atoms with Crippen molar-refractivity contribution in [1.82, 2.24) is 15.0 Å². The van der Waals surface area contributed by atoms with Crippen molar-refractivity contribution in [2.24, 2.45) is 11.6 Å². The number of anilines is 3. The summed E-state index contributed by atoms with van der Waals surface area (Å²) in [5.74, 6) is 7.94. The van der Waals surface area contributed by atoms with Gasteiger partial charge in [0.05, 0.1) is 24.4 Å². The summed E-state index contributed by atoms with van der Waals surface area (Å²) in [6.45, 7) is 2.21. The Hall–Kier alpha value is -4.58. The van der Waals surface area contributed by atoms with Crippen molar-refractivity contribution < 1.29 is 18.9 Å². The van der Waals surface area contributed by atoms with Crippen LogP contribution >= 0.6 is 0 Å². The smallest absolute Gasteiger partial charge is 0.163 e. The molecule has 7 N–H and O–H groups in total. The van der Waals surface area contributed by atoms with E-state index in [1.807, 2.05) is 60.7 Å². The fraction of sp³-hybridized carbons (Fsp3) is 0.267. The van der Waals surface area contributed by atoms with Crippen molar-refractivity contribution in [2.75, 3.05) is 58.2 Å². The van der Waals surface area contributed by atoms with Crippen molar-refractivity contribution >= 4 is 33.8 Å². The molecule has 4 aromatic rings.